The Morgan fingerprint density at radius 2 is 1.69 bits per heavy atom. The summed E-state index contributed by atoms with van der Waals surface area (Å²) < 4.78 is 32.4. The number of ether oxygens (including phenoxy) is 1. The van der Waals surface area contributed by atoms with Crippen LogP contribution in [0, 0.1) is 25.5 Å². The molecule has 0 spiro atoms. The fourth-order valence-corrected chi connectivity index (χ4v) is 2.62. The number of hydrogen-bond donors (Lipinski definition) is 2. The minimum absolute atomic E-state index is 0.0298. The molecule has 0 radical (unpaired) electrons. The van der Waals surface area contributed by atoms with Crippen molar-refractivity contribution in [3.8, 4) is 5.75 Å². The third-order valence-electron chi connectivity index (χ3n) is 3.78. The number of nitrogens with one attached hydrogen (secondary N) is 1. The molecule has 0 saturated carbocycles. The SMILES string of the molecule is Cc1cc(C(=O)NCCc2c(F)cccc2F)cc(C)c1OCC(=O)O. The third kappa shape index (κ3) is 4.78. The maximum absolute atomic E-state index is 13.6. The first-order valence-corrected chi connectivity index (χ1v) is 7.96. The molecule has 2 rings (SSSR count). The molecule has 0 aliphatic rings. The molecule has 0 fully saturated rings. The van der Waals surface area contributed by atoms with Crippen molar-refractivity contribution >= 4 is 11.9 Å². The Morgan fingerprint density at radius 1 is 1.12 bits per heavy atom. The molecule has 0 heterocycles. The fourth-order valence-electron chi connectivity index (χ4n) is 2.62. The van der Waals surface area contributed by atoms with Crippen molar-refractivity contribution in [1.29, 1.82) is 0 Å². The first-order chi connectivity index (χ1) is 12.3. The van der Waals surface area contributed by atoms with Crippen molar-refractivity contribution in [3.63, 3.8) is 0 Å². The molecule has 2 N–H and O–H groups in total. The number of carboxylic acids is 1. The molecule has 0 saturated heterocycles. The van der Waals surface area contributed by atoms with Crippen LogP contribution >= 0.6 is 0 Å². The first kappa shape index (κ1) is 19.4. The summed E-state index contributed by atoms with van der Waals surface area (Å²) in [5.41, 5.74) is 1.53. The Labute approximate surface area is 149 Å². The van der Waals surface area contributed by atoms with E-state index in [-0.39, 0.29) is 18.5 Å². The van der Waals surface area contributed by atoms with Crippen molar-refractivity contribution in [1.82, 2.24) is 5.32 Å². The van der Waals surface area contributed by atoms with Gasteiger partial charge in [0.1, 0.15) is 17.4 Å². The second-order valence-corrected chi connectivity index (χ2v) is 5.83. The van der Waals surface area contributed by atoms with Gasteiger partial charge >= 0.3 is 5.97 Å². The molecule has 7 heteroatoms. The molecular formula is C19H19F2NO4. The zero-order valence-corrected chi connectivity index (χ0v) is 14.4. The summed E-state index contributed by atoms with van der Waals surface area (Å²) in [5, 5.41) is 11.3. The van der Waals surface area contributed by atoms with Crippen molar-refractivity contribution < 1.29 is 28.2 Å². The standard InChI is InChI=1S/C19H19F2NO4/c1-11-8-13(9-12(2)18(11)26-10-17(23)24)19(25)22-7-6-14-15(20)4-3-5-16(14)21/h3-5,8-9H,6-7,10H2,1-2H3,(H,22,25)(H,23,24). The van der Waals surface area contributed by atoms with Gasteiger partial charge < -0.3 is 15.2 Å². The predicted octanol–water partition coefficient (Wildman–Crippen LogP) is 3.02. The number of benzene rings is 2. The number of carboxylic acid groups (broad SMARTS) is 1. The molecule has 0 aliphatic carbocycles. The number of hydrogen-bond acceptors (Lipinski definition) is 3. The van der Waals surface area contributed by atoms with E-state index in [1.165, 1.54) is 18.2 Å². The summed E-state index contributed by atoms with van der Waals surface area (Å²) in [6, 6.07) is 6.77. The number of halogens is 2. The van der Waals surface area contributed by atoms with E-state index >= 15 is 0 Å². The van der Waals surface area contributed by atoms with Crippen molar-refractivity contribution in [3.05, 3.63) is 64.2 Å². The highest BCUT2D eigenvalue weighted by molar-refractivity contribution is 5.94. The number of amides is 1. The van der Waals surface area contributed by atoms with Gasteiger partial charge in [-0.3, -0.25) is 4.79 Å². The smallest absolute Gasteiger partial charge is 0.341 e. The van der Waals surface area contributed by atoms with E-state index in [4.69, 9.17) is 9.84 Å². The van der Waals surface area contributed by atoms with Gasteiger partial charge in [0.05, 0.1) is 0 Å². The van der Waals surface area contributed by atoms with Gasteiger partial charge in [-0.1, -0.05) is 6.07 Å². The highest BCUT2D eigenvalue weighted by atomic mass is 19.1. The highest BCUT2D eigenvalue weighted by Gasteiger charge is 2.14. The van der Waals surface area contributed by atoms with E-state index in [9.17, 15) is 18.4 Å². The van der Waals surface area contributed by atoms with E-state index in [0.29, 0.717) is 22.4 Å². The summed E-state index contributed by atoms with van der Waals surface area (Å²) in [6.07, 6.45) is 0.0298. The summed E-state index contributed by atoms with van der Waals surface area (Å²) in [7, 11) is 0. The van der Waals surface area contributed by atoms with Gasteiger partial charge in [0.2, 0.25) is 0 Å². The molecule has 1 amide bonds. The molecule has 0 bridgehead atoms. The van der Waals surface area contributed by atoms with Gasteiger partial charge in [-0.2, -0.15) is 0 Å². The minimum Gasteiger partial charge on any atom is -0.481 e. The van der Waals surface area contributed by atoms with Crippen LogP contribution in [0.5, 0.6) is 5.75 Å². The lowest BCUT2D eigenvalue weighted by Gasteiger charge is -2.13. The summed E-state index contributed by atoms with van der Waals surface area (Å²) in [5.74, 6) is -2.36. The van der Waals surface area contributed by atoms with Crippen LogP contribution in [0.15, 0.2) is 30.3 Å². The molecule has 5 nitrogen and oxygen atoms in total. The number of rotatable bonds is 7. The highest BCUT2D eigenvalue weighted by Crippen LogP contribution is 2.25. The number of aliphatic carboxylic acids is 1. The van der Waals surface area contributed by atoms with Gasteiger partial charge in [0.15, 0.2) is 6.61 Å². The van der Waals surface area contributed by atoms with Gasteiger partial charge in [-0.15, -0.1) is 0 Å². The Kier molecular flexibility index (Phi) is 6.27. The van der Waals surface area contributed by atoms with Crippen LogP contribution in [-0.4, -0.2) is 30.1 Å². The maximum Gasteiger partial charge on any atom is 0.341 e. The second kappa shape index (κ2) is 8.42. The number of carbonyl (C=O) groups is 2. The van der Waals surface area contributed by atoms with Crippen LogP contribution in [0.2, 0.25) is 0 Å². The maximum atomic E-state index is 13.6. The van der Waals surface area contributed by atoms with Gasteiger partial charge in [-0.25, -0.2) is 13.6 Å². The van der Waals surface area contributed by atoms with E-state index in [0.717, 1.165) is 0 Å². The monoisotopic (exact) mass is 363 g/mol. The van der Waals surface area contributed by atoms with Crippen LogP contribution in [0.25, 0.3) is 0 Å². The molecule has 2 aromatic carbocycles. The minimum atomic E-state index is -1.09. The van der Waals surface area contributed by atoms with Crippen LogP contribution in [0.4, 0.5) is 8.78 Å². The lowest BCUT2D eigenvalue weighted by atomic mass is 10.0. The van der Waals surface area contributed by atoms with Crippen molar-refractivity contribution in [2.45, 2.75) is 20.3 Å². The van der Waals surface area contributed by atoms with E-state index in [2.05, 4.69) is 5.32 Å². The zero-order valence-electron chi connectivity index (χ0n) is 14.4. The molecule has 0 unspecified atom stereocenters. The van der Waals surface area contributed by atoms with Gasteiger partial charge in [0, 0.05) is 17.7 Å². The Morgan fingerprint density at radius 3 is 2.23 bits per heavy atom. The van der Waals surface area contributed by atoms with Crippen LogP contribution < -0.4 is 10.1 Å². The predicted molar refractivity (Wildman–Crippen MR) is 91.4 cm³/mol. The average molecular weight is 363 g/mol. The molecule has 138 valence electrons. The Hall–Kier alpha value is -2.96. The Balaban J connectivity index is 2.02. The quantitative estimate of drug-likeness (QED) is 0.793. The topological polar surface area (TPSA) is 75.6 Å². The largest absolute Gasteiger partial charge is 0.481 e. The second-order valence-electron chi connectivity index (χ2n) is 5.83. The molecule has 0 aliphatic heterocycles. The van der Waals surface area contributed by atoms with Crippen LogP contribution in [0.1, 0.15) is 27.0 Å². The van der Waals surface area contributed by atoms with E-state index < -0.39 is 30.1 Å². The van der Waals surface area contributed by atoms with E-state index in [1.807, 2.05) is 0 Å². The molecular weight excluding hydrogens is 344 g/mol. The lowest BCUT2D eigenvalue weighted by Crippen LogP contribution is -2.26. The summed E-state index contributed by atoms with van der Waals surface area (Å²) in [6.45, 7) is 3.01. The normalized spacial score (nSPS) is 10.5. The third-order valence-corrected chi connectivity index (χ3v) is 3.78. The van der Waals surface area contributed by atoms with Crippen LogP contribution in [0.3, 0.4) is 0 Å². The zero-order chi connectivity index (χ0) is 19.3. The summed E-state index contributed by atoms with van der Waals surface area (Å²) in [4.78, 5) is 22.9. The number of aryl methyl sites for hydroxylation is 2. The van der Waals surface area contributed by atoms with Crippen LogP contribution in [-0.2, 0) is 11.2 Å². The molecule has 26 heavy (non-hydrogen) atoms. The molecule has 2 aromatic rings. The van der Waals surface area contributed by atoms with Gasteiger partial charge in [0.25, 0.3) is 5.91 Å². The van der Waals surface area contributed by atoms with E-state index in [1.54, 1.807) is 26.0 Å². The van der Waals surface area contributed by atoms with Crippen molar-refractivity contribution in [2.75, 3.05) is 13.2 Å². The molecule has 0 atom stereocenters. The van der Waals surface area contributed by atoms with Gasteiger partial charge in [-0.05, 0) is 55.7 Å². The Bertz CT molecular complexity index is 793. The lowest BCUT2D eigenvalue weighted by molar-refractivity contribution is -0.139. The van der Waals surface area contributed by atoms with Crippen molar-refractivity contribution in [2.24, 2.45) is 0 Å². The average Bonchev–Trinajstić information content (AvgIpc) is 2.56. The first-order valence-electron chi connectivity index (χ1n) is 7.96. The number of carbonyl (C=O) groups excluding carboxylic acids is 1. The fraction of sp³-hybridized carbons (Fsp3) is 0.263. The summed E-state index contributed by atoms with van der Waals surface area (Å²) >= 11 is 0. The molecule has 0 aromatic heterocycles.